The average Bonchev–Trinajstić information content (AvgIpc) is 2.52. The normalized spacial score (nSPS) is 9.29. The fraction of sp³-hybridized carbons (Fsp3) is 0.0588. The lowest BCUT2D eigenvalue weighted by atomic mass is 10.1. The van der Waals surface area contributed by atoms with E-state index in [2.05, 4.69) is 0 Å². The summed E-state index contributed by atoms with van der Waals surface area (Å²) in [5, 5.41) is 17.5. The maximum atomic E-state index is 13.5. The number of ether oxygens (including phenoxy) is 1. The van der Waals surface area contributed by atoms with Crippen LogP contribution in [0.25, 0.3) is 6.08 Å². The Bertz CT molecular complexity index is 738. The topological polar surface area (TPSA) is 56.8 Å². The molecule has 0 N–H and O–H groups in total. The van der Waals surface area contributed by atoms with Crippen LogP contribution in [0.2, 0.25) is 0 Å². The van der Waals surface area contributed by atoms with E-state index in [4.69, 9.17) is 15.3 Å². The highest BCUT2D eigenvalue weighted by Gasteiger charge is 2.02. The summed E-state index contributed by atoms with van der Waals surface area (Å²) in [6.07, 6.45) is 1.47. The molecular formula is C17H11FN2O. The van der Waals surface area contributed by atoms with Crippen LogP contribution in [-0.2, 0) is 6.61 Å². The zero-order chi connectivity index (χ0) is 15.1. The van der Waals surface area contributed by atoms with Crippen LogP contribution >= 0.6 is 0 Å². The van der Waals surface area contributed by atoms with Crippen molar-refractivity contribution >= 4 is 6.08 Å². The molecule has 102 valence electrons. The van der Waals surface area contributed by atoms with Crippen molar-refractivity contribution in [1.29, 1.82) is 10.5 Å². The van der Waals surface area contributed by atoms with E-state index in [-0.39, 0.29) is 18.0 Å². The first-order valence-corrected chi connectivity index (χ1v) is 6.21. The van der Waals surface area contributed by atoms with Crippen molar-refractivity contribution < 1.29 is 9.13 Å². The molecule has 3 nitrogen and oxygen atoms in total. The van der Waals surface area contributed by atoms with E-state index in [9.17, 15) is 4.39 Å². The smallest absolute Gasteiger partial charge is 0.130 e. The van der Waals surface area contributed by atoms with Gasteiger partial charge in [-0.25, -0.2) is 4.39 Å². The molecule has 0 amide bonds. The molecule has 0 aliphatic heterocycles. The molecule has 0 saturated heterocycles. The van der Waals surface area contributed by atoms with E-state index in [0.717, 1.165) is 0 Å². The summed E-state index contributed by atoms with van der Waals surface area (Å²) >= 11 is 0. The number of halogens is 1. The second-order valence-electron chi connectivity index (χ2n) is 4.23. The Morgan fingerprint density at radius 1 is 1.10 bits per heavy atom. The van der Waals surface area contributed by atoms with E-state index in [0.29, 0.717) is 16.9 Å². The lowest BCUT2D eigenvalue weighted by Gasteiger charge is -2.07. The Hall–Kier alpha value is -3.11. The van der Waals surface area contributed by atoms with E-state index < -0.39 is 0 Å². The van der Waals surface area contributed by atoms with Gasteiger partial charge >= 0.3 is 0 Å². The third-order valence-corrected chi connectivity index (χ3v) is 2.76. The maximum Gasteiger partial charge on any atom is 0.130 e. The summed E-state index contributed by atoms with van der Waals surface area (Å²) in [6, 6.07) is 16.9. The van der Waals surface area contributed by atoms with Crippen molar-refractivity contribution in [3.05, 3.63) is 71.0 Å². The molecule has 0 heterocycles. The van der Waals surface area contributed by atoms with Crippen LogP contribution in [0.1, 0.15) is 11.1 Å². The summed E-state index contributed by atoms with van der Waals surface area (Å²) in [4.78, 5) is 0. The monoisotopic (exact) mass is 278 g/mol. The van der Waals surface area contributed by atoms with Crippen LogP contribution in [0.5, 0.6) is 5.75 Å². The van der Waals surface area contributed by atoms with Gasteiger partial charge in [-0.3, -0.25) is 0 Å². The van der Waals surface area contributed by atoms with Crippen LogP contribution in [0.4, 0.5) is 4.39 Å². The lowest BCUT2D eigenvalue weighted by molar-refractivity contribution is 0.300. The summed E-state index contributed by atoms with van der Waals surface area (Å²) in [5.41, 5.74) is 1.16. The zero-order valence-electron chi connectivity index (χ0n) is 11.1. The van der Waals surface area contributed by atoms with Gasteiger partial charge in [-0.05, 0) is 29.8 Å². The Morgan fingerprint density at radius 3 is 2.57 bits per heavy atom. The van der Waals surface area contributed by atoms with Gasteiger partial charge in [-0.15, -0.1) is 0 Å². The molecule has 21 heavy (non-hydrogen) atoms. The molecule has 2 rings (SSSR count). The molecule has 0 unspecified atom stereocenters. The van der Waals surface area contributed by atoms with E-state index >= 15 is 0 Å². The van der Waals surface area contributed by atoms with Gasteiger partial charge in [-0.1, -0.05) is 30.3 Å². The number of hydrogen-bond acceptors (Lipinski definition) is 3. The molecule has 0 fully saturated rings. The third-order valence-electron chi connectivity index (χ3n) is 2.76. The molecule has 0 saturated carbocycles. The Morgan fingerprint density at radius 2 is 1.86 bits per heavy atom. The van der Waals surface area contributed by atoms with Crippen LogP contribution in [-0.4, -0.2) is 0 Å². The molecule has 0 aliphatic carbocycles. The fourth-order valence-corrected chi connectivity index (χ4v) is 1.73. The van der Waals surface area contributed by atoms with Crippen LogP contribution in [0.3, 0.4) is 0 Å². The number of hydrogen-bond donors (Lipinski definition) is 0. The zero-order valence-corrected chi connectivity index (χ0v) is 11.1. The largest absolute Gasteiger partial charge is 0.489 e. The van der Waals surface area contributed by atoms with Gasteiger partial charge in [0.1, 0.15) is 35.9 Å². The minimum Gasteiger partial charge on any atom is -0.489 e. The minimum absolute atomic E-state index is 0.0150. The Kier molecular flexibility index (Phi) is 4.69. The predicted octanol–water partition coefficient (Wildman–Crippen LogP) is 3.84. The summed E-state index contributed by atoms with van der Waals surface area (Å²) in [5.74, 6) is 0.229. The molecule has 2 aromatic rings. The Balaban J connectivity index is 2.13. The number of allylic oxidation sites excluding steroid dienone is 1. The molecule has 0 spiro atoms. The molecule has 0 radical (unpaired) electrons. The lowest BCUT2D eigenvalue weighted by Crippen LogP contribution is -1.98. The van der Waals surface area contributed by atoms with Gasteiger partial charge in [0.15, 0.2) is 0 Å². The van der Waals surface area contributed by atoms with Gasteiger partial charge in [0.2, 0.25) is 0 Å². The Labute approximate surface area is 122 Å². The molecule has 0 aromatic heterocycles. The van der Waals surface area contributed by atoms with Gasteiger partial charge in [0.05, 0.1) is 0 Å². The molecule has 0 atom stereocenters. The van der Waals surface area contributed by atoms with Crippen molar-refractivity contribution in [2.45, 2.75) is 6.61 Å². The van der Waals surface area contributed by atoms with Crippen LogP contribution < -0.4 is 4.74 Å². The number of rotatable bonds is 4. The molecule has 2 aromatic carbocycles. The van der Waals surface area contributed by atoms with E-state index in [1.165, 1.54) is 12.1 Å². The van der Waals surface area contributed by atoms with Crippen molar-refractivity contribution in [2.24, 2.45) is 0 Å². The first kappa shape index (κ1) is 14.3. The van der Waals surface area contributed by atoms with Crippen molar-refractivity contribution in [2.75, 3.05) is 0 Å². The van der Waals surface area contributed by atoms with Gasteiger partial charge < -0.3 is 4.74 Å². The second-order valence-corrected chi connectivity index (χ2v) is 4.23. The number of nitriles is 2. The quantitative estimate of drug-likeness (QED) is 0.798. The van der Waals surface area contributed by atoms with Gasteiger partial charge in [0, 0.05) is 5.56 Å². The molecular weight excluding hydrogens is 267 g/mol. The average molecular weight is 278 g/mol. The number of nitrogens with zero attached hydrogens (tertiary/aromatic N) is 2. The minimum atomic E-state index is -0.315. The van der Waals surface area contributed by atoms with E-state index in [1.54, 1.807) is 54.6 Å². The SMILES string of the molecule is N#CC(C#N)=Cc1cccc(OCc2ccccc2F)c1. The third kappa shape index (κ3) is 3.92. The van der Waals surface area contributed by atoms with Crippen molar-refractivity contribution in [3.63, 3.8) is 0 Å². The second kappa shape index (κ2) is 6.88. The summed E-state index contributed by atoms with van der Waals surface area (Å²) < 4.78 is 19.0. The van der Waals surface area contributed by atoms with Crippen LogP contribution in [0.15, 0.2) is 54.1 Å². The van der Waals surface area contributed by atoms with E-state index in [1.807, 2.05) is 0 Å². The maximum absolute atomic E-state index is 13.5. The highest BCUT2D eigenvalue weighted by Crippen LogP contribution is 2.18. The summed E-state index contributed by atoms with van der Waals surface area (Å²) in [6.45, 7) is 0.114. The van der Waals surface area contributed by atoms with Crippen molar-refractivity contribution in [1.82, 2.24) is 0 Å². The van der Waals surface area contributed by atoms with Crippen molar-refractivity contribution in [3.8, 4) is 17.9 Å². The fourth-order valence-electron chi connectivity index (χ4n) is 1.73. The molecule has 4 heteroatoms. The molecule has 0 aliphatic rings. The summed E-state index contributed by atoms with van der Waals surface area (Å²) in [7, 11) is 0. The predicted molar refractivity (Wildman–Crippen MR) is 76.4 cm³/mol. The highest BCUT2D eigenvalue weighted by atomic mass is 19.1. The molecule has 0 bridgehead atoms. The first-order chi connectivity index (χ1) is 10.2. The standard InChI is InChI=1S/C17H11FN2O/c18-17-7-2-1-5-15(17)12-21-16-6-3-4-13(9-16)8-14(10-19)11-20/h1-9H,12H2. The van der Waals surface area contributed by atoms with Gasteiger partial charge in [-0.2, -0.15) is 10.5 Å². The van der Waals surface area contributed by atoms with Crippen LogP contribution in [0, 0.1) is 28.5 Å². The van der Waals surface area contributed by atoms with Gasteiger partial charge in [0.25, 0.3) is 0 Å². The highest BCUT2D eigenvalue weighted by molar-refractivity contribution is 5.62. The first-order valence-electron chi connectivity index (χ1n) is 6.21. The number of benzene rings is 2.